The third-order valence-corrected chi connectivity index (χ3v) is 3.76. The predicted molar refractivity (Wildman–Crippen MR) is 80.4 cm³/mol. The molecule has 0 unspecified atom stereocenters. The Morgan fingerprint density at radius 1 is 1.16 bits per heavy atom. The number of anilines is 1. The molecule has 0 amide bonds. The molecule has 1 aromatic carbocycles. The monoisotopic (exact) mass is 256 g/mol. The standard InChI is InChI=1S/C15H20N4/c1-3-19-14-8-5-4-7-13(14)16-15(19)18-10-6-9-17(2)11-12-18/h3-5,7-8H,1,6,9-12H2,2H3. The summed E-state index contributed by atoms with van der Waals surface area (Å²) in [6, 6.07) is 8.23. The number of hydrogen-bond donors (Lipinski definition) is 0. The molecule has 100 valence electrons. The lowest BCUT2D eigenvalue weighted by Crippen LogP contribution is -2.30. The molecule has 0 saturated carbocycles. The molecule has 4 heteroatoms. The average Bonchev–Trinajstić information content (AvgIpc) is 2.67. The highest BCUT2D eigenvalue weighted by Crippen LogP contribution is 2.23. The van der Waals surface area contributed by atoms with Gasteiger partial charge in [0.1, 0.15) is 0 Å². The minimum atomic E-state index is 1.02. The van der Waals surface area contributed by atoms with Crippen LogP contribution >= 0.6 is 0 Å². The molecule has 0 radical (unpaired) electrons. The highest BCUT2D eigenvalue weighted by atomic mass is 15.3. The zero-order valence-electron chi connectivity index (χ0n) is 11.4. The van der Waals surface area contributed by atoms with E-state index >= 15 is 0 Å². The van der Waals surface area contributed by atoms with E-state index in [1.165, 1.54) is 6.42 Å². The molecule has 1 aliphatic heterocycles. The van der Waals surface area contributed by atoms with Gasteiger partial charge in [-0.1, -0.05) is 18.7 Å². The first kappa shape index (κ1) is 12.2. The molecule has 0 bridgehead atoms. The van der Waals surface area contributed by atoms with Crippen LogP contribution < -0.4 is 4.90 Å². The fraction of sp³-hybridized carbons (Fsp3) is 0.400. The van der Waals surface area contributed by atoms with Crippen molar-refractivity contribution >= 4 is 23.2 Å². The van der Waals surface area contributed by atoms with Crippen LogP contribution in [-0.4, -0.2) is 47.7 Å². The summed E-state index contributed by atoms with van der Waals surface area (Å²) >= 11 is 0. The van der Waals surface area contributed by atoms with Gasteiger partial charge in [0.05, 0.1) is 11.0 Å². The Hall–Kier alpha value is -1.81. The Morgan fingerprint density at radius 3 is 2.84 bits per heavy atom. The molecule has 2 heterocycles. The summed E-state index contributed by atoms with van der Waals surface area (Å²) in [4.78, 5) is 9.52. The molecule has 0 N–H and O–H groups in total. The topological polar surface area (TPSA) is 24.3 Å². The molecule has 2 aromatic rings. The fourth-order valence-electron chi connectivity index (χ4n) is 2.68. The van der Waals surface area contributed by atoms with Crippen LogP contribution in [0.1, 0.15) is 6.42 Å². The lowest BCUT2D eigenvalue weighted by atomic mass is 10.3. The van der Waals surface area contributed by atoms with Gasteiger partial charge in [0.25, 0.3) is 0 Å². The first-order chi connectivity index (χ1) is 9.29. The molecule has 0 spiro atoms. The predicted octanol–water partition coefficient (Wildman–Crippen LogP) is 2.28. The molecule has 3 rings (SSSR count). The van der Waals surface area contributed by atoms with E-state index in [4.69, 9.17) is 4.98 Å². The van der Waals surface area contributed by atoms with E-state index in [2.05, 4.69) is 40.1 Å². The maximum Gasteiger partial charge on any atom is 0.210 e. The summed E-state index contributed by atoms with van der Waals surface area (Å²) in [5.41, 5.74) is 2.17. The SMILES string of the molecule is C=Cn1c(N2CCCN(C)CC2)nc2ccccc21. The second-order valence-corrected chi connectivity index (χ2v) is 5.10. The van der Waals surface area contributed by atoms with Crippen molar-refractivity contribution in [2.45, 2.75) is 6.42 Å². The minimum Gasteiger partial charge on any atom is -0.341 e. The van der Waals surface area contributed by atoms with Crippen LogP contribution in [0.5, 0.6) is 0 Å². The van der Waals surface area contributed by atoms with Crippen molar-refractivity contribution in [1.29, 1.82) is 0 Å². The second kappa shape index (κ2) is 5.05. The maximum absolute atomic E-state index is 4.77. The first-order valence-electron chi connectivity index (χ1n) is 6.82. The normalized spacial score (nSPS) is 17.6. The third kappa shape index (κ3) is 2.24. The van der Waals surface area contributed by atoms with Crippen molar-refractivity contribution in [1.82, 2.24) is 14.5 Å². The van der Waals surface area contributed by atoms with E-state index in [0.717, 1.165) is 43.2 Å². The zero-order chi connectivity index (χ0) is 13.2. The molecular weight excluding hydrogens is 236 g/mol. The Kier molecular flexibility index (Phi) is 3.25. The van der Waals surface area contributed by atoms with Gasteiger partial charge in [-0.05, 0) is 32.1 Å². The van der Waals surface area contributed by atoms with E-state index in [9.17, 15) is 0 Å². The number of likely N-dealkylation sites (N-methyl/N-ethyl adjacent to an activating group) is 1. The number of aromatic nitrogens is 2. The smallest absolute Gasteiger partial charge is 0.210 e. The Morgan fingerprint density at radius 2 is 2.00 bits per heavy atom. The van der Waals surface area contributed by atoms with Crippen molar-refractivity contribution in [3.8, 4) is 0 Å². The molecule has 1 aromatic heterocycles. The second-order valence-electron chi connectivity index (χ2n) is 5.10. The van der Waals surface area contributed by atoms with E-state index in [-0.39, 0.29) is 0 Å². The Labute approximate surface area is 113 Å². The third-order valence-electron chi connectivity index (χ3n) is 3.76. The fourth-order valence-corrected chi connectivity index (χ4v) is 2.68. The van der Waals surface area contributed by atoms with Gasteiger partial charge < -0.3 is 9.80 Å². The van der Waals surface area contributed by atoms with E-state index in [1.54, 1.807) is 0 Å². The highest BCUT2D eigenvalue weighted by Gasteiger charge is 2.18. The van der Waals surface area contributed by atoms with Gasteiger partial charge in [0, 0.05) is 25.8 Å². The summed E-state index contributed by atoms with van der Waals surface area (Å²) in [6.07, 6.45) is 3.04. The molecule has 19 heavy (non-hydrogen) atoms. The van der Waals surface area contributed by atoms with Crippen LogP contribution in [0.15, 0.2) is 30.8 Å². The van der Waals surface area contributed by atoms with Gasteiger partial charge in [-0.3, -0.25) is 4.57 Å². The Bertz CT molecular complexity index is 587. The number of imidazole rings is 1. The summed E-state index contributed by atoms with van der Waals surface area (Å²) < 4.78 is 2.10. The minimum absolute atomic E-state index is 1.02. The Balaban J connectivity index is 2.01. The van der Waals surface area contributed by atoms with Gasteiger partial charge in [-0.15, -0.1) is 0 Å². The number of rotatable bonds is 2. The van der Waals surface area contributed by atoms with Crippen LogP contribution in [0.3, 0.4) is 0 Å². The van der Waals surface area contributed by atoms with Crippen molar-refractivity contribution in [2.24, 2.45) is 0 Å². The van der Waals surface area contributed by atoms with Crippen LogP contribution in [0.2, 0.25) is 0 Å². The van der Waals surface area contributed by atoms with Gasteiger partial charge in [0.2, 0.25) is 5.95 Å². The number of para-hydroxylation sites is 2. The van der Waals surface area contributed by atoms with Crippen LogP contribution in [-0.2, 0) is 0 Å². The van der Waals surface area contributed by atoms with Gasteiger partial charge in [0.15, 0.2) is 0 Å². The molecule has 0 atom stereocenters. The molecule has 4 nitrogen and oxygen atoms in total. The molecule has 1 saturated heterocycles. The van der Waals surface area contributed by atoms with Crippen molar-refractivity contribution in [2.75, 3.05) is 38.1 Å². The number of benzene rings is 1. The van der Waals surface area contributed by atoms with E-state index in [0.29, 0.717) is 0 Å². The first-order valence-corrected chi connectivity index (χ1v) is 6.82. The lowest BCUT2D eigenvalue weighted by molar-refractivity contribution is 0.360. The number of fused-ring (bicyclic) bond motifs is 1. The van der Waals surface area contributed by atoms with Crippen molar-refractivity contribution < 1.29 is 0 Å². The largest absolute Gasteiger partial charge is 0.341 e. The van der Waals surface area contributed by atoms with Gasteiger partial charge >= 0.3 is 0 Å². The van der Waals surface area contributed by atoms with E-state index in [1.807, 2.05) is 18.3 Å². The molecule has 0 aliphatic carbocycles. The van der Waals surface area contributed by atoms with Gasteiger partial charge in [-0.25, -0.2) is 4.98 Å². The molecule has 1 aliphatic rings. The van der Waals surface area contributed by atoms with Crippen LogP contribution in [0.25, 0.3) is 17.2 Å². The molecule has 1 fully saturated rings. The van der Waals surface area contributed by atoms with Crippen molar-refractivity contribution in [3.05, 3.63) is 30.8 Å². The number of hydrogen-bond acceptors (Lipinski definition) is 3. The average molecular weight is 256 g/mol. The summed E-state index contributed by atoms with van der Waals surface area (Å²) in [5.74, 6) is 1.02. The maximum atomic E-state index is 4.77. The van der Waals surface area contributed by atoms with Gasteiger partial charge in [-0.2, -0.15) is 0 Å². The van der Waals surface area contributed by atoms with Crippen LogP contribution in [0, 0.1) is 0 Å². The summed E-state index contributed by atoms with van der Waals surface area (Å²) in [6.45, 7) is 8.25. The lowest BCUT2D eigenvalue weighted by Gasteiger charge is -2.21. The van der Waals surface area contributed by atoms with E-state index < -0.39 is 0 Å². The zero-order valence-corrected chi connectivity index (χ0v) is 11.4. The quantitative estimate of drug-likeness (QED) is 0.824. The molecular formula is C15H20N4. The van der Waals surface area contributed by atoms with Crippen LogP contribution in [0.4, 0.5) is 5.95 Å². The summed E-state index contributed by atoms with van der Waals surface area (Å²) in [7, 11) is 2.18. The highest BCUT2D eigenvalue weighted by molar-refractivity contribution is 5.81. The summed E-state index contributed by atoms with van der Waals surface area (Å²) in [5, 5.41) is 0. The number of nitrogens with zero attached hydrogens (tertiary/aromatic N) is 4. The van der Waals surface area contributed by atoms with Crippen molar-refractivity contribution in [3.63, 3.8) is 0 Å².